The maximum atomic E-state index is 6.11. The number of hydrogen-bond acceptors (Lipinski definition) is 4. The molecule has 1 heterocycles. The monoisotopic (exact) mass is 279 g/mol. The molecule has 1 saturated carbocycles. The predicted molar refractivity (Wildman–Crippen MR) is 77.8 cm³/mol. The molecule has 0 amide bonds. The van der Waals surface area contributed by atoms with E-state index < -0.39 is 0 Å². The van der Waals surface area contributed by atoms with E-state index >= 15 is 0 Å². The highest BCUT2D eigenvalue weighted by Gasteiger charge is 2.53. The number of methoxy groups -OCH3 is 1. The zero-order valence-corrected chi connectivity index (χ0v) is 11.7. The molecule has 19 heavy (non-hydrogen) atoms. The quantitative estimate of drug-likeness (QED) is 0.920. The molecule has 0 saturated heterocycles. The van der Waals surface area contributed by atoms with E-state index in [1.807, 2.05) is 24.3 Å². The first-order valence-electron chi connectivity index (χ1n) is 6.52. The van der Waals surface area contributed by atoms with Crippen LogP contribution in [-0.2, 0) is 4.74 Å². The summed E-state index contributed by atoms with van der Waals surface area (Å²) in [5, 5.41) is 0.724. The van der Waals surface area contributed by atoms with Gasteiger partial charge in [-0.1, -0.05) is 11.6 Å². The van der Waals surface area contributed by atoms with Crippen molar-refractivity contribution in [2.24, 2.45) is 16.6 Å². The van der Waals surface area contributed by atoms with E-state index in [4.69, 9.17) is 22.1 Å². The lowest BCUT2D eigenvalue weighted by Gasteiger charge is -2.39. The Morgan fingerprint density at radius 2 is 2.11 bits per heavy atom. The first-order valence-corrected chi connectivity index (χ1v) is 6.90. The van der Waals surface area contributed by atoms with Crippen LogP contribution in [0.2, 0.25) is 5.02 Å². The van der Waals surface area contributed by atoms with Crippen molar-refractivity contribution in [1.82, 2.24) is 0 Å². The molecule has 4 nitrogen and oxygen atoms in total. The van der Waals surface area contributed by atoms with E-state index in [2.05, 4.69) is 9.89 Å². The Morgan fingerprint density at radius 1 is 1.42 bits per heavy atom. The van der Waals surface area contributed by atoms with Crippen molar-refractivity contribution in [1.29, 1.82) is 0 Å². The van der Waals surface area contributed by atoms with Crippen molar-refractivity contribution < 1.29 is 4.74 Å². The number of halogens is 1. The van der Waals surface area contributed by atoms with Crippen LogP contribution in [0.5, 0.6) is 0 Å². The van der Waals surface area contributed by atoms with Gasteiger partial charge in [0.05, 0.1) is 18.7 Å². The number of guanidine groups is 1. The zero-order valence-electron chi connectivity index (χ0n) is 11.0. The minimum absolute atomic E-state index is 0.118. The number of aliphatic imine (C=N–C) groups is 1. The number of anilines is 1. The average molecular weight is 280 g/mol. The van der Waals surface area contributed by atoms with Crippen LogP contribution in [0, 0.1) is 5.92 Å². The summed E-state index contributed by atoms with van der Waals surface area (Å²) < 4.78 is 5.46. The number of nitrogens with two attached hydrogens (primary N) is 1. The van der Waals surface area contributed by atoms with Gasteiger partial charge in [0.2, 0.25) is 0 Å². The van der Waals surface area contributed by atoms with Crippen LogP contribution >= 0.6 is 11.6 Å². The van der Waals surface area contributed by atoms with Gasteiger partial charge in [0.1, 0.15) is 0 Å². The van der Waals surface area contributed by atoms with Crippen LogP contribution in [0.15, 0.2) is 29.3 Å². The van der Waals surface area contributed by atoms with Gasteiger partial charge in [-0.3, -0.25) is 4.99 Å². The minimum atomic E-state index is -0.118. The van der Waals surface area contributed by atoms with Gasteiger partial charge >= 0.3 is 0 Å². The molecule has 1 fully saturated rings. The summed E-state index contributed by atoms with van der Waals surface area (Å²) in [7, 11) is 1.73. The molecule has 102 valence electrons. The standard InChI is InChI=1S/C14H18ClN3O/c1-19-9-14(10-2-3-10)8-17-13(16)18(14)12-6-4-11(15)5-7-12/h4-7,10H,2-3,8-9H2,1H3,(H2,16,17). The van der Waals surface area contributed by atoms with Crippen molar-refractivity contribution >= 4 is 23.2 Å². The summed E-state index contributed by atoms with van der Waals surface area (Å²) in [6.07, 6.45) is 2.44. The van der Waals surface area contributed by atoms with Crippen molar-refractivity contribution in [2.45, 2.75) is 18.4 Å². The van der Waals surface area contributed by atoms with Crippen molar-refractivity contribution in [2.75, 3.05) is 25.2 Å². The van der Waals surface area contributed by atoms with Gasteiger partial charge < -0.3 is 15.4 Å². The first kappa shape index (κ1) is 12.8. The Hall–Kier alpha value is -1.26. The molecule has 0 radical (unpaired) electrons. The predicted octanol–water partition coefficient (Wildman–Crippen LogP) is 2.27. The second-order valence-electron chi connectivity index (χ2n) is 5.30. The van der Waals surface area contributed by atoms with Gasteiger partial charge in [-0.25, -0.2) is 0 Å². The lowest BCUT2D eigenvalue weighted by Crippen LogP contribution is -2.56. The fourth-order valence-electron chi connectivity index (χ4n) is 2.98. The maximum Gasteiger partial charge on any atom is 0.196 e. The second-order valence-corrected chi connectivity index (χ2v) is 5.73. The molecule has 0 bridgehead atoms. The molecule has 0 aromatic heterocycles. The number of benzene rings is 1. The number of rotatable bonds is 4. The Labute approximate surface area is 118 Å². The minimum Gasteiger partial charge on any atom is -0.382 e. The smallest absolute Gasteiger partial charge is 0.196 e. The summed E-state index contributed by atoms with van der Waals surface area (Å²) in [4.78, 5) is 6.59. The zero-order chi connectivity index (χ0) is 13.5. The van der Waals surface area contributed by atoms with Gasteiger partial charge in [0.25, 0.3) is 0 Å². The van der Waals surface area contributed by atoms with Gasteiger partial charge in [-0.2, -0.15) is 0 Å². The maximum absolute atomic E-state index is 6.11. The van der Waals surface area contributed by atoms with Crippen molar-refractivity contribution in [3.8, 4) is 0 Å². The third-order valence-corrected chi connectivity index (χ3v) is 4.26. The van der Waals surface area contributed by atoms with Crippen LogP contribution in [0.1, 0.15) is 12.8 Å². The molecular weight excluding hydrogens is 262 g/mol. The highest BCUT2D eigenvalue weighted by atomic mass is 35.5. The molecular formula is C14H18ClN3O. The molecule has 0 spiro atoms. The Balaban J connectivity index is 1.99. The van der Waals surface area contributed by atoms with Gasteiger partial charge in [0.15, 0.2) is 5.96 Å². The van der Waals surface area contributed by atoms with Crippen molar-refractivity contribution in [3.05, 3.63) is 29.3 Å². The van der Waals surface area contributed by atoms with E-state index in [1.54, 1.807) is 7.11 Å². The highest BCUT2D eigenvalue weighted by Crippen LogP contribution is 2.47. The van der Waals surface area contributed by atoms with E-state index in [0.717, 1.165) is 10.7 Å². The highest BCUT2D eigenvalue weighted by molar-refractivity contribution is 6.30. The Kier molecular flexibility index (Phi) is 3.15. The SMILES string of the molecule is COCC1(C2CC2)CN=C(N)N1c1ccc(Cl)cc1. The third kappa shape index (κ3) is 2.09. The van der Waals surface area contributed by atoms with E-state index in [-0.39, 0.29) is 5.54 Å². The third-order valence-electron chi connectivity index (χ3n) is 4.01. The first-order chi connectivity index (χ1) is 9.17. The van der Waals surface area contributed by atoms with Crippen LogP contribution in [0.25, 0.3) is 0 Å². The number of hydrogen-bond donors (Lipinski definition) is 1. The largest absolute Gasteiger partial charge is 0.382 e. The van der Waals surface area contributed by atoms with Crippen LogP contribution in [0.4, 0.5) is 5.69 Å². The molecule has 1 atom stereocenters. The molecule has 1 unspecified atom stereocenters. The van der Waals surface area contributed by atoms with Crippen LogP contribution in [0.3, 0.4) is 0 Å². The molecule has 5 heteroatoms. The average Bonchev–Trinajstić information content (AvgIpc) is 3.19. The fourth-order valence-corrected chi connectivity index (χ4v) is 3.10. The molecule has 1 aliphatic carbocycles. The van der Waals surface area contributed by atoms with E-state index in [9.17, 15) is 0 Å². The summed E-state index contributed by atoms with van der Waals surface area (Å²) in [6.45, 7) is 1.35. The lowest BCUT2D eigenvalue weighted by atomic mass is 9.92. The lowest BCUT2D eigenvalue weighted by molar-refractivity contribution is 0.129. The second kappa shape index (κ2) is 4.69. The molecule has 1 aliphatic heterocycles. The van der Waals surface area contributed by atoms with Gasteiger partial charge in [0, 0.05) is 17.8 Å². The summed E-state index contributed by atoms with van der Waals surface area (Å²) in [5.74, 6) is 1.18. The van der Waals surface area contributed by atoms with Crippen LogP contribution in [-0.4, -0.2) is 31.8 Å². The number of ether oxygens (including phenoxy) is 1. The molecule has 2 N–H and O–H groups in total. The summed E-state index contributed by atoms with van der Waals surface area (Å²) >= 11 is 5.96. The van der Waals surface area contributed by atoms with Crippen LogP contribution < -0.4 is 10.6 Å². The molecule has 2 aliphatic rings. The fraction of sp³-hybridized carbons (Fsp3) is 0.500. The molecule has 3 rings (SSSR count). The van der Waals surface area contributed by atoms with Gasteiger partial charge in [-0.05, 0) is 43.0 Å². The molecule has 1 aromatic rings. The van der Waals surface area contributed by atoms with Crippen molar-refractivity contribution in [3.63, 3.8) is 0 Å². The van der Waals surface area contributed by atoms with E-state index in [0.29, 0.717) is 25.0 Å². The topological polar surface area (TPSA) is 50.9 Å². The summed E-state index contributed by atoms with van der Waals surface area (Å²) in [5.41, 5.74) is 7.02. The normalized spacial score (nSPS) is 26.6. The summed E-state index contributed by atoms with van der Waals surface area (Å²) in [6, 6.07) is 7.74. The Bertz CT molecular complexity index is 498. The van der Waals surface area contributed by atoms with Gasteiger partial charge in [-0.15, -0.1) is 0 Å². The molecule has 1 aromatic carbocycles. The Morgan fingerprint density at radius 3 is 2.68 bits per heavy atom. The number of nitrogens with zero attached hydrogens (tertiary/aromatic N) is 2. The van der Waals surface area contributed by atoms with E-state index in [1.165, 1.54) is 12.8 Å².